The van der Waals surface area contributed by atoms with Gasteiger partial charge in [-0.25, -0.2) is 24.9 Å². The normalized spacial score (nSPS) is 14.1. The van der Waals surface area contributed by atoms with Gasteiger partial charge in [0.1, 0.15) is 35.2 Å². The minimum absolute atomic E-state index is 0.178. The van der Waals surface area contributed by atoms with Crippen LogP contribution in [0, 0.1) is 18.3 Å². The van der Waals surface area contributed by atoms with Crippen molar-refractivity contribution in [2.24, 2.45) is 0 Å². The summed E-state index contributed by atoms with van der Waals surface area (Å²) >= 11 is 0. The maximum atomic E-state index is 9.06. The smallest absolute Gasteiger partial charge is 0.234 e. The number of nitriles is 1. The van der Waals surface area contributed by atoms with Crippen LogP contribution in [0.1, 0.15) is 29.8 Å². The maximum Gasteiger partial charge on any atom is 0.234 e. The van der Waals surface area contributed by atoms with Gasteiger partial charge in [-0.3, -0.25) is 9.47 Å². The summed E-state index contributed by atoms with van der Waals surface area (Å²) < 4.78 is 7.19. The van der Waals surface area contributed by atoms with Crippen LogP contribution >= 0.6 is 0 Å². The lowest BCUT2D eigenvalue weighted by atomic mass is 10.0. The second-order valence-electron chi connectivity index (χ2n) is 10.8. The number of aryl methyl sites for hydroxylation is 1. The van der Waals surface area contributed by atoms with Crippen molar-refractivity contribution in [1.82, 2.24) is 39.5 Å². The summed E-state index contributed by atoms with van der Waals surface area (Å²) in [7, 11) is 0. The zero-order valence-electron chi connectivity index (χ0n) is 24.1. The Morgan fingerprint density at radius 2 is 1.84 bits per heavy atom. The van der Waals surface area contributed by atoms with Crippen molar-refractivity contribution < 1.29 is 4.52 Å². The second kappa shape index (κ2) is 11.5. The van der Waals surface area contributed by atoms with E-state index in [0.717, 1.165) is 54.8 Å². The standard InChI is InChI=1S/C32H29N11O/c1-20-19-44-41-29(20)25-8-9-26-32(38-25)43(31(39-26)24-3-2-13-36-30(24)34)23-6-4-21(5-7-23)18-42-15-11-22(12-16-42)37-27-10-14-35-28(17-33)40-27/h2-10,13-14,19,22H,11-12,15-16,18H2,1H3,(H2,34,36)(H,35,37,40). The van der Waals surface area contributed by atoms with Crippen LogP contribution in [0.15, 0.2) is 77.8 Å². The van der Waals surface area contributed by atoms with E-state index in [0.29, 0.717) is 40.5 Å². The van der Waals surface area contributed by atoms with Gasteiger partial charge >= 0.3 is 0 Å². The van der Waals surface area contributed by atoms with Gasteiger partial charge in [0, 0.05) is 49.3 Å². The Bertz CT molecular complexity index is 1980. The van der Waals surface area contributed by atoms with E-state index in [4.69, 9.17) is 25.5 Å². The molecule has 0 aliphatic carbocycles. The number of hydrogen-bond acceptors (Lipinski definition) is 11. The van der Waals surface area contributed by atoms with E-state index in [2.05, 4.69) is 54.6 Å². The minimum Gasteiger partial charge on any atom is -0.383 e. The molecule has 0 spiro atoms. The Balaban J connectivity index is 1.13. The number of rotatable bonds is 7. The zero-order valence-corrected chi connectivity index (χ0v) is 24.1. The average molecular weight is 584 g/mol. The molecule has 5 aromatic heterocycles. The molecule has 44 heavy (non-hydrogen) atoms. The van der Waals surface area contributed by atoms with E-state index < -0.39 is 0 Å². The van der Waals surface area contributed by atoms with Crippen molar-refractivity contribution in [3.63, 3.8) is 0 Å². The van der Waals surface area contributed by atoms with E-state index in [1.165, 1.54) is 5.56 Å². The molecule has 218 valence electrons. The number of piperidine rings is 1. The van der Waals surface area contributed by atoms with Crippen molar-refractivity contribution in [2.45, 2.75) is 32.4 Å². The lowest BCUT2D eigenvalue weighted by molar-refractivity contribution is 0.211. The molecule has 1 aliphatic heterocycles. The molecule has 0 unspecified atom stereocenters. The third-order valence-corrected chi connectivity index (χ3v) is 7.87. The molecule has 3 N–H and O–H groups in total. The van der Waals surface area contributed by atoms with Gasteiger partial charge in [0.15, 0.2) is 11.5 Å². The molecule has 0 amide bonds. The summed E-state index contributed by atoms with van der Waals surface area (Å²) in [5, 5.41) is 16.7. The van der Waals surface area contributed by atoms with Crippen LogP contribution in [-0.4, -0.2) is 58.7 Å². The van der Waals surface area contributed by atoms with Gasteiger partial charge in [-0.2, -0.15) is 5.26 Å². The molecular weight excluding hydrogens is 554 g/mol. The zero-order chi connectivity index (χ0) is 30.0. The Kier molecular flexibility index (Phi) is 7.13. The van der Waals surface area contributed by atoms with Gasteiger partial charge in [-0.1, -0.05) is 17.3 Å². The van der Waals surface area contributed by atoms with E-state index in [-0.39, 0.29) is 5.82 Å². The van der Waals surface area contributed by atoms with Crippen molar-refractivity contribution in [3.8, 4) is 34.5 Å². The first-order valence-corrected chi connectivity index (χ1v) is 14.4. The lowest BCUT2D eigenvalue weighted by Gasteiger charge is -2.32. The number of pyridine rings is 2. The topological polar surface area (TPSA) is 160 Å². The highest BCUT2D eigenvalue weighted by atomic mass is 16.5. The quantitative estimate of drug-likeness (QED) is 0.266. The van der Waals surface area contributed by atoms with Crippen molar-refractivity contribution in [3.05, 3.63) is 90.2 Å². The molecule has 7 rings (SSSR count). The molecule has 1 fully saturated rings. The fourth-order valence-electron chi connectivity index (χ4n) is 5.60. The monoisotopic (exact) mass is 583 g/mol. The summed E-state index contributed by atoms with van der Waals surface area (Å²) in [5.74, 6) is 1.94. The summed E-state index contributed by atoms with van der Waals surface area (Å²) in [6, 6.07) is 20.2. The number of likely N-dealkylation sites (tertiary alicyclic amines) is 1. The van der Waals surface area contributed by atoms with Crippen LogP contribution in [0.4, 0.5) is 11.6 Å². The van der Waals surface area contributed by atoms with Crippen LogP contribution < -0.4 is 11.1 Å². The average Bonchev–Trinajstić information content (AvgIpc) is 3.65. The first-order chi connectivity index (χ1) is 21.6. The molecule has 0 bridgehead atoms. The molecule has 0 saturated carbocycles. The largest absolute Gasteiger partial charge is 0.383 e. The molecule has 12 nitrogen and oxygen atoms in total. The number of nitrogens with zero attached hydrogens (tertiary/aromatic N) is 9. The third-order valence-electron chi connectivity index (χ3n) is 7.87. The molecule has 6 aromatic rings. The highest BCUT2D eigenvalue weighted by Crippen LogP contribution is 2.32. The maximum absolute atomic E-state index is 9.06. The Labute approximate surface area is 253 Å². The van der Waals surface area contributed by atoms with Crippen LogP contribution in [0.2, 0.25) is 0 Å². The van der Waals surface area contributed by atoms with Crippen molar-refractivity contribution >= 4 is 22.8 Å². The molecule has 6 heterocycles. The number of nitrogens with two attached hydrogens (primary N) is 1. The van der Waals surface area contributed by atoms with E-state index in [1.54, 1.807) is 24.7 Å². The first-order valence-electron chi connectivity index (χ1n) is 14.4. The van der Waals surface area contributed by atoms with E-state index >= 15 is 0 Å². The number of hydrogen-bond donors (Lipinski definition) is 2. The van der Waals surface area contributed by atoms with Crippen molar-refractivity contribution in [2.75, 3.05) is 24.1 Å². The fraction of sp³-hybridized carbons (Fsp3) is 0.219. The summed E-state index contributed by atoms with van der Waals surface area (Å²) in [4.78, 5) is 24.8. The number of nitrogens with one attached hydrogen (secondary N) is 1. The van der Waals surface area contributed by atoms with Gasteiger partial charge in [0.25, 0.3) is 0 Å². The van der Waals surface area contributed by atoms with Crippen LogP contribution in [-0.2, 0) is 6.54 Å². The predicted molar refractivity (Wildman–Crippen MR) is 165 cm³/mol. The number of fused-ring (bicyclic) bond motifs is 1. The molecule has 1 saturated heterocycles. The van der Waals surface area contributed by atoms with Gasteiger partial charge in [-0.05, 0) is 67.8 Å². The molecule has 1 aromatic carbocycles. The fourth-order valence-corrected chi connectivity index (χ4v) is 5.60. The summed E-state index contributed by atoms with van der Waals surface area (Å²) in [6.45, 7) is 4.71. The van der Waals surface area contributed by atoms with E-state index in [9.17, 15) is 0 Å². The third kappa shape index (κ3) is 5.32. The number of anilines is 2. The molecule has 12 heteroatoms. The van der Waals surface area contributed by atoms with Gasteiger partial charge < -0.3 is 15.6 Å². The SMILES string of the molecule is Cc1conc1-c1ccc2nc(-c3cccnc3N)n(-c3ccc(CN4CCC(Nc5ccnc(C#N)n5)CC4)cc3)c2n1. The Morgan fingerprint density at radius 1 is 1.00 bits per heavy atom. The summed E-state index contributed by atoms with van der Waals surface area (Å²) in [6.07, 6.45) is 6.87. The number of imidazole rings is 1. The Hall–Kier alpha value is -5.67. The molecule has 0 radical (unpaired) electrons. The van der Waals surface area contributed by atoms with Gasteiger partial charge in [0.05, 0.1) is 11.3 Å². The second-order valence-corrected chi connectivity index (χ2v) is 10.8. The molecule has 0 atom stereocenters. The highest BCUT2D eigenvalue weighted by molar-refractivity contribution is 5.84. The minimum atomic E-state index is 0.178. The highest BCUT2D eigenvalue weighted by Gasteiger charge is 2.22. The van der Waals surface area contributed by atoms with E-state index in [1.807, 2.05) is 41.8 Å². The van der Waals surface area contributed by atoms with Crippen LogP contribution in [0.5, 0.6) is 0 Å². The summed E-state index contributed by atoms with van der Waals surface area (Å²) in [5.41, 5.74) is 12.9. The first kappa shape index (κ1) is 27.2. The number of aromatic nitrogens is 7. The number of benzene rings is 1. The molecule has 1 aliphatic rings. The van der Waals surface area contributed by atoms with Crippen molar-refractivity contribution in [1.29, 1.82) is 5.26 Å². The lowest BCUT2D eigenvalue weighted by Crippen LogP contribution is -2.38. The molecular formula is C32H29N11O. The van der Waals surface area contributed by atoms with Gasteiger partial charge in [-0.15, -0.1) is 0 Å². The predicted octanol–water partition coefficient (Wildman–Crippen LogP) is 4.77. The Morgan fingerprint density at radius 3 is 2.59 bits per heavy atom. The number of nitrogen functional groups attached to an aromatic ring is 1. The van der Waals surface area contributed by atoms with Gasteiger partial charge in [0.2, 0.25) is 5.82 Å². The van der Waals surface area contributed by atoms with Crippen LogP contribution in [0.25, 0.3) is 39.6 Å². The van der Waals surface area contributed by atoms with Crippen LogP contribution in [0.3, 0.4) is 0 Å².